The molecule has 0 aliphatic rings. The zero-order valence-corrected chi connectivity index (χ0v) is 18.6. The van der Waals surface area contributed by atoms with Gasteiger partial charge in [0.05, 0.1) is 15.8 Å². The molecule has 168 valence electrons. The fourth-order valence-electron chi connectivity index (χ4n) is 3.04. The third-order valence-corrected chi connectivity index (χ3v) is 6.59. The molecule has 0 aliphatic heterocycles. The molecule has 2 heterocycles. The van der Waals surface area contributed by atoms with Crippen molar-refractivity contribution in [3.8, 4) is 5.95 Å². The molecule has 0 radical (unpaired) electrons. The summed E-state index contributed by atoms with van der Waals surface area (Å²) in [6.45, 7) is 1.68. The highest BCUT2D eigenvalue weighted by atomic mass is 35.5. The number of rotatable bonds is 6. The Labute approximate surface area is 193 Å². The van der Waals surface area contributed by atoms with E-state index >= 15 is 0 Å². The van der Waals surface area contributed by atoms with Crippen molar-refractivity contribution in [2.75, 3.05) is 0 Å². The Bertz CT molecular complexity index is 1410. The van der Waals surface area contributed by atoms with Gasteiger partial charge in [0.2, 0.25) is 9.84 Å². The number of amides is 1. The van der Waals surface area contributed by atoms with Crippen LogP contribution >= 0.6 is 11.6 Å². The van der Waals surface area contributed by atoms with Gasteiger partial charge in [-0.05, 0) is 55.5 Å². The van der Waals surface area contributed by atoms with Crippen molar-refractivity contribution in [3.05, 3.63) is 89.5 Å². The van der Waals surface area contributed by atoms with Crippen LogP contribution in [-0.2, 0) is 9.84 Å². The van der Waals surface area contributed by atoms with Crippen LogP contribution in [0.1, 0.15) is 29.1 Å². The van der Waals surface area contributed by atoms with Gasteiger partial charge in [-0.3, -0.25) is 4.79 Å². The second-order valence-electron chi connectivity index (χ2n) is 6.91. The van der Waals surface area contributed by atoms with Gasteiger partial charge < -0.3 is 5.32 Å². The van der Waals surface area contributed by atoms with Crippen LogP contribution in [0.5, 0.6) is 0 Å². The van der Waals surface area contributed by atoms with E-state index in [2.05, 4.69) is 25.4 Å². The van der Waals surface area contributed by atoms with Gasteiger partial charge in [0, 0.05) is 23.0 Å². The van der Waals surface area contributed by atoms with Gasteiger partial charge >= 0.3 is 0 Å². The number of hydrogen-bond acceptors (Lipinski definition) is 7. The highest BCUT2D eigenvalue weighted by molar-refractivity contribution is 7.91. The number of carbonyl (C=O) groups excluding carboxylic acids is 1. The molecule has 9 nitrogen and oxygen atoms in total. The number of carbonyl (C=O) groups is 1. The Morgan fingerprint density at radius 1 is 1.06 bits per heavy atom. The zero-order chi connectivity index (χ0) is 23.6. The van der Waals surface area contributed by atoms with Crippen molar-refractivity contribution in [2.45, 2.75) is 22.8 Å². The lowest BCUT2D eigenvalue weighted by molar-refractivity contribution is 0.0937. The fourth-order valence-corrected chi connectivity index (χ4v) is 4.67. The Balaban J connectivity index is 1.61. The van der Waals surface area contributed by atoms with E-state index in [9.17, 15) is 17.6 Å². The maximum atomic E-state index is 13.2. The number of halogens is 2. The predicted molar refractivity (Wildman–Crippen MR) is 116 cm³/mol. The second kappa shape index (κ2) is 9.04. The van der Waals surface area contributed by atoms with Crippen LogP contribution in [-0.4, -0.2) is 39.1 Å². The number of hydrogen-bond donors (Lipinski definition) is 1. The first-order chi connectivity index (χ1) is 15.8. The predicted octanol–water partition coefficient (Wildman–Crippen LogP) is 3.17. The number of nitrogens with zero attached hydrogens (tertiary/aromatic N) is 5. The average molecular weight is 487 g/mol. The fraction of sp³-hybridized carbons (Fsp3) is 0.0952. The quantitative estimate of drug-likeness (QED) is 0.415. The topological polar surface area (TPSA) is 120 Å². The van der Waals surface area contributed by atoms with E-state index in [1.54, 1.807) is 25.4 Å². The molecule has 0 saturated heterocycles. The van der Waals surface area contributed by atoms with Crippen molar-refractivity contribution in [3.63, 3.8) is 0 Å². The molecule has 0 bridgehead atoms. The molecular formula is C21H16ClFN6O3S. The molecule has 0 aliphatic carbocycles. The first-order valence-corrected chi connectivity index (χ1v) is 11.4. The van der Waals surface area contributed by atoms with Crippen molar-refractivity contribution in [1.29, 1.82) is 0 Å². The number of sulfone groups is 1. The normalized spacial score (nSPS) is 12.3. The largest absolute Gasteiger partial charge is 0.342 e. The molecule has 4 rings (SSSR count). The minimum atomic E-state index is -4.02. The molecule has 0 saturated carbocycles. The van der Waals surface area contributed by atoms with E-state index in [4.69, 9.17) is 11.6 Å². The Morgan fingerprint density at radius 2 is 1.76 bits per heavy atom. The van der Waals surface area contributed by atoms with Crippen LogP contribution in [0.4, 0.5) is 4.39 Å². The third kappa shape index (κ3) is 4.73. The molecule has 33 heavy (non-hydrogen) atoms. The first-order valence-electron chi connectivity index (χ1n) is 9.55. The summed E-state index contributed by atoms with van der Waals surface area (Å²) in [4.78, 5) is 25.0. The van der Waals surface area contributed by atoms with E-state index in [0.29, 0.717) is 5.82 Å². The third-order valence-electron chi connectivity index (χ3n) is 4.62. The van der Waals surface area contributed by atoms with Gasteiger partial charge in [0.25, 0.3) is 11.9 Å². The monoisotopic (exact) mass is 486 g/mol. The lowest BCUT2D eigenvalue weighted by Gasteiger charge is -2.15. The summed E-state index contributed by atoms with van der Waals surface area (Å²) < 4.78 is 40.4. The summed E-state index contributed by atoms with van der Waals surface area (Å²) in [5.41, 5.74) is 0.0251. The molecule has 1 N–H and O–H groups in total. The van der Waals surface area contributed by atoms with Crippen LogP contribution in [0.25, 0.3) is 5.95 Å². The summed E-state index contributed by atoms with van der Waals surface area (Å²) in [6, 6.07) is 9.18. The molecule has 1 atom stereocenters. The number of nitrogens with one attached hydrogen (secondary N) is 1. The maximum absolute atomic E-state index is 13.2. The molecule has 4 aromatic rings. The zero-order valence-electron chi connectivity index (χ0n) is 17.1. The van der Waals surface area contributed by atoms with Gasteiger partial charge in [-0.25, -0.2) is 27.8 Å². The number of aromatic nitrogens is 5. The molecule has 12 heteroatoms. The van der Waals surface area contributed by atoms with Crippen LogP contribution in [0.3, 0.4) is 0 Å². The molecular weight excluding hydrogens is 471 g/mol. The number of benzene rings is 2. The van der Waals surface area contributed by atoms with E-state index < -0.39 is 27.6 Å². The molecule has 0 unspecified atom stereocenters. The average Bonchev–Trinajstić information content (AvgIpc) is 3.30. The highest BCUT2D eigenvalue weighted by Gasteiger charge is 2.23. The van der Waals surface area contributed by atoms with E-state index in [1.807, 2.05) is 0 Å². The van der Waals surface area contributed by atoms with Gasteiger partial charge in [-0.15, -0.1) is 0 Å². The summed E-state index contributed by atoms with van der Waals surface area (Å²) >= 11 is 6.11. The Morgan fingerprint density at radius 3 is 2.45 bits per heavy atom. The summed E-state index contributed by atoms with van der Waals surface area (Å²) in [5.74, 6) is -0.496. The van der Waals surface area contributed by atoms with Gasteiger partial charge in [-0.2, -0.15) is 9.78 Å². The highest BCUT2D eigenvalue weighted by Crippen LogP contribution is 2.26. The van der Waals surface area contributed by atoms with Crippen LogP contribution in [0.2, 0.25) is 5.02 Å². The van der Waals surface area contributed by atoms with Crippen LogP contribution < -0.4 is 5.32 Å². The Hall–Kier alpha value is -3.70. The van der Waals surface area contributed by atoms with Crippen molar-refractivity contribution >= 4 is 27.3 Å². The molecule has 0 spiro atoms. The van der Waals surface area contributed by atoms with Gasteiger partial charge in [0.1, 0.15) is 12.1 Å². The molecule has 1 amide bonds. The second-order valence-corrected chi connectivity index (χ2v) is 9.29. The minimum Gasteiger partial charge on any atom is -0.342 e. The minimum absolute atomic E-state index is 0.0251. The summed E-state index contributed by atoms with van der Waals surface area (Å²) in [6.07, 6.45) is 4.40. The lowest BCUT2D eigenvalue weighted by Crippen LogP contribution is -2.29. The van der Waals surface area contributed by atoms with Gasteiger partial charge in [0.15, 0.2) is 5.82 Å². The SMILES string of the molecule is C[C@@H](NC(=O)c1cc(Cl)cc(S(=O)(=O)c2ccc(F)cc2)c1)c1ncnn1-c1ncccn1. The van der Waals surface area contributed by atoms with E-state index in [-0.39, 0.29) is 26.3 Å². The summed E-state index contributed by atoms with van der Waals surface area (Å²) in [5, 5.41) is 6.88. The van der Waals surface area contributed by atoms with Crippen LogP contribution in [0, 0.1) is 5.82 Å². The standard InChI is InChI=1S/C21H16ClFN6O3S/c1-13(19-26-12-27-29(19)21-24-7-2-8-25-21)28-20(30)14-9-15(22)11-18(10-14)33(31,32)17-5-3-16(23)4-6-17/h2-13H,1H3,(H,28,30)/t13-/m1/s1. The Kier molecular flexibility index (Phi) is 6.16. The summed E-state index contributed by atoms with van der Waals surface area (Å²) in [7, 11) is -4.02. The lowest BCUT2D eigenvalue weighted by atomic mass is 10.2. The van der Waals surface area contributed by atoms with E-state index in [1.165, 1.54) is 29.2 Å². The molecule has 2 aromatic carbocycles. The van der Waals surface area contributed by atoms with Crippen LogP contribution in [0.15, 0.2) is 77.0 Å². The van der Waals surface area contributed by atoms with Crippen molar-refractivity contribution in [1.82, 2.24) is 30.0 Å². The molecule has 0 fully saturated rings. The smallest absolute Gasteiger partial charge is 0.252 e. The van der Waals surface area contributed by atoms with Crippen molar-refractivity contribution in [2.24, 2.45) is 0 Å². The van der Waals surface area contributed by atoms with Gasteiger partial charge in [-0.1, -0.05) is 11.6 Å². The van der Waals surface area contributed by atoms with Crippen molar-refractivity contribution < 1.29 is 17.6 Å². The maximum Gasteiger partial charge on any atom is 0.252 e. The molecule has 2 aromatic heterocycles. The first kappa shape index (κ1) is 22.5. The van der Waals surface area contributed by atoms with E-state index in [0.717, 1.165) is 24.3 Å².